The molecule has 0 spiro atoms. The van der Waals surface area contributed by atoms with Gasteiger partial charge in [0.05, 0.1) is 0 Å². The molecule has 1 atom stereocenters. The van der Waals surface area contributed by atoms with E-state index < -0.39 is 0 Å². The predicted molar refractivity (Wildman–Crippen MR) is 85.2 cm³/mol. The minimum absolute atomic E-state index is 0.0756. The van der Waals surface area contributed by atoms with Crippen LogP contribution in [0.1, 0.15) is 31.7 Å². The number of nitrogens with zero attached hydrogens (tertiary/aromatic N) is 3. The summed E-state index contributed by atoms with van der Waals surface area (Å²) in [6.07, 6.45) is 1.79. The highest BCUT2D eigenvalue weighted by Crippen LogP contribution is 2.32. The van der Waals surface area contributed by atoms with Crippen molar-refractivity contribution in [1.82, 2.24) is 20.4 Å². The lowest BCUT2D eigenvalue weighted by Crippen LogP contribution is -2.39. The average Bonchev–Trinajstić information content (AvgIpc) is 3.17. The molecule has 2 aromatic rings. The summed E-state index contributed by atoms with van der Waals surface area (Å²) in [5.74, 6) is 1.05. The topological polar surface area (TPSA) is 71.3 Å². The molecule has 0 unspecified atom stereocenters. The number of amides is 2. The minimum Gasteiger partial charge on any atom is -0.338 e. The van der Waals surface area contributed by atoms with Crippen LogP contribution in [0.3, 0.4) is 0 Å². The zero-order chi connectivity index (χ0) is 15.5. The van der Waals surface area contributed by atoms with E-state index in [1.807, 2.05) is 31.2 Å². The van der Waals surface area contributed by atoms with Crippen LogP contribution in [0.25, 0.3) is 11.4 Å². The summed E-state index contributed by atoms with van der Waals surface area (Å²) in [5, 5.41) is 6.86. The quantitative estimate of drug-likeness (QED) is 0.906. The van der Waals surface area contributed by atoms with E-state index in [1.165, 1.54) is 0 Å². The number of aromatic nitrogens is 2. The van der Waals surface area contributed by atoms with Crippen molar-refractivity contribution in [1.29, 1.82) is 0 Å². The fourth-order valence-corrected chi connectivity index (χ4v) is 2.87. The van der Waals surface area contributed by atoms with Crippen molar-refractivity contribution in [2.24, 2.45) is 0 Å². The maximum Gasteiger partial charge on any atom is 0.318 e. The number of likely N-dealkylation sites (tertiary alicyclic amines) is 1. The van der Waals surface area contributed by atoms with Crippen LogP contribution in [0.15, 0.2) is 33.3 Å². The molecule has 1 aromatic carbocycles. The molecular formula is C15H17BrN4O2. The molecular weight excluding hydrogens is 348 g/mol. The number of benzene rings is 1. The second-order valence-corrected chi connectivity index (χ2v) is 6.07. The fourth-order valence-electron chi connectivity index (χ4n) is 2.61. The van der Waals surface area contributed by atoms with Crippen LogP contribution in [0, 0.1) is 0 Å². The fraction of sp³-hybridized carbons (Fsp3) is 0.400. The first-order valence-electron chi connectivity index (χ1n) is 7.33. The van der Waals surface area contributed by atoms with Gasteiger partial charge in [0, 0.05) is 23.1 Å². The Bertz CT molecular complexity index is 656. The Kier molecular flexibility index (Phi) is 4.42. The van der Waals surface area contributed by atoms with Crippen LogP contribution in [0.4, 0.5) is 4.79 Å². The van der Waals surface area contributed by atoms with Crippen molar-refractivity contribution in [3.8, 4) is 11.4 Å². The minimum atomic E-state index is -0.136. The van der Waals surface area contributed by atoms with Crippen LogP contribution >= 0.6 is 15.9 Å². The lowest BCUT2D eigenvalue weighted by atomic mass is 10.2. The van der Waals surface area contributed by atoms with Gasteiger partial charge < -0.3 is 14.7 Å². The Labute approximate surface area is 137 Å². The van der Waals surface area contributed by atoms with Gasteiger partial charge in [0.25, 0.3) is 0 Å². The van der Waals surface area contributed by atoms with Crippen LogP contribution in [0.5, 0.6) is 0 Å². The van der Waals surface area contributed by atoms with Crippen molar-refractivity contribution in [3.63, 3.8) is 0 Å². The molecule has 7 heteroatoms. The Morgan fingerprint density at radius 2 is 2.23 bits per heavy atom. The molecule has 1 aromatic heterocycles. The number of hydrogen-bond acceptors (Lipinski definition) is 4. The second-order valence-electron chi connectivity index (χ2n) is 5.15. The van der Waals surface area contributed by atoms with Crippen molar-refractivity contribution >= 4 is 22.0 Å². The number of carbonyl (C=O) groups is 1. The summed E-state index contributed by atoms with van der Waals surface area (Å²) < 4.78 is 6.40. The van der Waals surface area contributed by atoms with Gasteiger partial charge in [0.15, 0.2) is 0 Å². The first kappa shape index (κ1) is 15.0. The highest BCUT2D eigenvalue weighted by atomic mass is 79.9. The predicted octanol–water partition coefficient (Wildman–Crippen LogP) is 3.37. The number of hydrogen-bond donors (Lipinski definition) is 1. The molecule has 1 aliphatic heterocycles. The molecule has 1 aliphatic rings. The molecule has 0 saturated carbocycles. The third-order valence-corrected chi connectivity index (χ3v) is 4.20. The monoisotopic (exact) mass is 364 g/mol. The van der Waals surface area contributed by atoms with Crippen molar-refractivity contribution in [2.45, 2.75) is 25.8 Å². The van der Waals surface area contributed by atoms with Crippen LogP contribution < -0.4 is 5.32 Å². The van der Waals surface area contributed by atoms with E-state index in [0.717, 1.165) is 22.9 Å². The molecule has 22 heavy (non-hydrogen) atoms. The molecule has 1 saturated heterocycles. The summed E-state index contributed by atoms with van der Waals surface area (Å²) in [6, 6.07) is 7.50. The van der Waals surface area contributed by atoms with Gasteiger partial charge >= 0.3 is 6.03 Å². The van der Waals surface area contributed by atoms with E-state index in [-0.39, 0.29) is 12.1 Å². The van der Waals surface area contributed by atoms with Gasteiger partial charge in [-0.25, -0.2) is 4.79 Å². The Balaban J connectivity index is 1.80. The maximum atomic E-state index is 12.1. The van der Waals surface area contributed by atoms with E-state index in [4.69, 9.17) is 4.52 Å². The van der Waals surface area contributed by atoms with Crippen LogP contribution in [-0.2, 0) is 0 Å². The lowest BCUT2D eigenvalue weighted by molar-refractivity contribution is 0.181. The zero-order valence-corrected chi connectivity index (χ0v) is 13.8. The van der Waals surface area contributed by atoms with Crippen molar-refractivity contribution in [2.75, 3.05) is 13.1 Å². The zero-order valence-electron chi connectivity index (χ0n) is 12.3. The van der Waals surface area contributed by atoms with Gasteiger partial charge in [0.1, 0.15) is 6.04 Å². The first-order chi connectivity index (χ1) is 10.7. The highest BCUT2D eigenvalue weighted by molar-refractivity contribution is 9.10. The largest absolute Gasteiger partial charge is 0.338 e. The highest BCUT2D eigenvalue weighted by Gasteiger charge is 2.33. The molecule has 116 valence electrons. The molecule has 2 heterocycles. The third-order valence-electron chi connectivity index (χ3n) is 3.67. The number of halogens is 1. The smallest absolute Gasteiger partial charge is 0.318 e. The number of urea groups is 1. The Morgan fingerprint density at radius 1 is 1.45 bits per heavy atom. The van der Waals surface area contributed by atoms with E-state index in [9.17, 15) is 4.79 Å². The molecule has 1 fully saturated rings. The van der Waals surface area contributed by atoms with Gasteiger partial charge in [-0.3, -0.25) is 0 Å². The summed E-state index contributed by atoms with van der Waals surface area (Å²) >= 11 is 3.40. The Morgan fingerprint density at radius 3 is 2.95 bits per heavy atom. The SMILES string of the molecule is CCNC(=O)N1CCC[C@@H]1c1nc(-c2ccc(Br)cc2)no1. The summed E-state index contributed by atoms with van der Waals surface area (Å²) in [7, 11) is 0. The van der Waals surface area contributed by atoms with Gasteiger partial charge in [-0.05, 0) is 44.0 Å². The number of rotatable bonds is 3. The molecule has 0 bridgehead atoms. The van der Waals surface area contributed by atoms with E-state index >= 15 is 0 Å². The average molecular weight is 365 g/mol. The van der Waals surface area contributed by atoms with Crippen LogP contribution in [-0.4, -0.2) is 34.2 Å². The molecule has 0 aliphatic carbocycles. The van der Waals surface area contributed by atoms with E-state index in [1.54, 1.807) is 4.90 Å². The molecule has 1 N–H and O–H groups in total. The van der Waals surface area contributed by atoms with E-state index in [0.29, 0.717) is 24.8 Å². The number of nitrogens with one attached hydrogen (secondary N) is 1. The van der Waals surface area contributed by atoms with Crippen LogP contribution in [0.2, 0.25) is 0 Å². The molecule has 0 radical (unpaired) electrons. The molecule has 6 nitrogen and oxygen atoms in total. The van der Waals surface area contributed by atoms with Crippen molar-refractivity contribution < 1.29 is 9.32 Å². The summed E-state index contributed by atoms with van der Waals surface area (Å²) in [4.78, 5) is 18.3. The lowest BCUT2D eigenvalue weighted by Gasteiger charge is -2.21. The van der Waals surface area contributed by atoms with E-state index in [2.05, 4.69) is 31.4 Å². The second kappa shape index (κ2) is 6.48. The van der Waals surface area contributed by atoms with Gasteiger partial charge in [-0.1, -0.05) is 21.1 Å². The molecule has 3 rings (SSSR count). The summed E-state index contributed by atoms with van der Waals surface area (Å²) in [5.41, 5.74) is 0.890. The van der Waals surface area contributed by atoms with Gasteiger partial charge in [0.2, 0.25) is 11.7 Å². The van der Waals surface area contributed by atoms with Gasteiger partial charge in [-0.2, -0.15) is 4.98 Å². The maximum absolute atomic E-state index is 12.1. The number of carbonyl (C=O) groups excluding carboxylic acids is 1. The Hall–Kier alpha value is -1.89. The molecule has 2 amide bonds. The third kappa shape index (κ3) is 2.99. The summed E-state index contributed by atoms with van der Waals surface area (Å²) in [6.45, 7) is 3.23. The first-order valence-corrected chi connectivity index (χ1v) is 8.12. The van der Waals surface area contributed by atoms with Crippen molar-refractivity contribution in [3.05, 3.63) is 34.6 Å². The standard InChI is InChI=1S/C15H17BrN4O2/c1-2-17-15(21)20-9-3-4-12(20)14-18-13(19-22-14)10-5-7-11(16)8-6-10/h5-8,12H,2-4,9H2,1H3,(H,17,21)/t12-/m1/s1. The normalized spacial score (nSPS) is 17.7. The van der Waals surface area contributed by atoms with Gasteiger partial charge in [-0.15, -0.1) is 0 Å².